The summed E-state index contributed by atoms with van der Waals surface area (Å²) in [6, 6.07) is 19.3. The summed E-state index contributed by atoms with van der Waals surface area (Å²) in [6.45, 7) is 4.14. The first-order chi connectivity index (χ1) is 14.0. The predicted molar refractivity (Wildman–Crippen MR) is 115 cm³/mol. The van der Waals surface area contributed by atoms with Crippen LogP contribution in [0.2, 0.25) is 0 Å². The standard InChI is InChI=1S/C21H22N6OS/c1-15-9-11-17(12-10-15)19-24-25-21(27(19)23)29-16(2)20(28)26(14-6-13-22)18-7-4-3-5-8-18/h3-5,7-12,16H,6,14,23H2,1-2H3. The van der Waals surface area contributed by atoms with Crippen molar-refractivity contribution < 1.29 is 4.79 Å². The number of para-hydroxylation sites is 1. The first-order valence-electron chi connectivity index (χ1n) is 9.19. The summed E-state index contributed by atoms with van der Waals surface area (Å²) in [5.74, 6) is 6.62. The van der Waals surface area contributed by atoms with Crippen LogP contribution in [-0.4, -0.2) is 32.6 Å². The third-order valence-corrected chi connectivity index (χ3v) is 5.43. The first-order valence-corrected chi connectivity index (χ1v) is 10.1. The number of hydrogen-bond acceptors (Lipinski definition) is 6. The van der Waals surface area contributed by atoms with Gasteiger partial charge >= 0.3 is 0 Å². The van der Waals surface area contributed by atoms with Crippen LogP contribution in [0.3, 0.4) is 0 Å². The van der Waals surface area contributed by atoms with Gasteiger partial charge in [-0.25, -0.2) is 4.68 Å². The van der Waals surface area contributed by atoms with E-state index in [2.05, 4.69) is 16.3 Å². The summed E-state index contributed by atoms with van der Waals surface area (Å²) in [7, 11) is 0. The van der Waals surface area contributed by atoms with Crippen molar-refractivity contribution in [3.05, 3.63) is 60.2 Å². The number of anilines is 1. The molecule has 1 heterocycles. The number of rotatable bonds is 7. The Hall–Kier alpha value is -3.31. The van der Waals surface area contributed by atoms with E-state index in [1.807, 2.05) is 61.5 Å². The van der Waals surface area contributed by atoms with Gasteiger partial charge in [0.05, 0.1) is 17.7 Å². The number of carbonyl (C=O) groups excluding carboxylic acids is 1. The van der Waals surface area contributed by atoms with Gasteiger partial charge < -0.3 is 10.7 Å². The Kier molecular flexibility index (Phi) is 6.52. The highest BCUT2D eigenvalue weighted by molar-refractivity contribution is 8.00. The van der Waals surface area contributed by atoms with Crippen LogP contribution >= 0.6 is 11.8 Å². The molecule has 0 spiro atoms. The molecule has 148 valence electrons. The van der Waals surface area contributed by atoms with Gasteiger partial charge in [-0.3, -0.25) is 4.79 Å². The molecule has 1 aromatic heterocycles. The number of nitrogens with two attached hydrogens (primary N) is 1. The van der Waals surface area contributed by atoms with E-state index in [9.17, 15) is 4.79 Å². The predicted octanol–water partition coefficient (Wildman–Crippen LogP) is 3.39. The third kappa shape index (κ3) is 4.76. The van der Waals surface area contributed by atoms with Gasteiger partial charge in [-0.1, -0.05) is 59.8 Å². The maximum atomic E-state index is 13.1. The fourth-order valence-electron chi connectivity index (χ4n) is 2.82. The summed E-state index contributed by atoms with van der Waals surface area (Å²) < 4.78 is 1.40. The second-order valence-electron chi connectivity index (χ2n) is 6.54. The molecule has 7 nitrogen and oxygen atoms in total. The second kappa shape index (κ2) is 9.26. The molecule has 0 bridgehead atoms. The van der Waals surface area contributed by atoms with Crippen molar-refractivity contribution in [1.29, 1.82) is 5.26 Å². The van der Waals surface area contributed by atoms with Crippen LogP contribution in [0.25, 0.3) is 11.4 Å². The molecule has 0 saturated carbocycles. The number of carbonyl (C=O) groups is 1. The van der Waals surface area contributed by atoms with Gasteiger partial charge in [-0.05, 0) is 26.0 Å². The van der Waals surface area contributed by atoms with E-state index >= 15 is 0 Å². The molecular weight excluding hydrogens is 384 g/mol. The molecular formula is C21H22N6OS. The summed E-state index contributed by atoms with van der Waals surface area (Å²) in [6.07, 6.45) is 0.253. The van der Waals surface area contributed by atoms with E-state index in [0.717, 1.165) is 16.8 Å². The Morgan fingerprint density at radius 3 is 2.55 bits per heavy atom. The number of benzene rings is 2. The van der Waals surface area contributed by atoms with Crippen LogP contribution in [0.1, 0.15) is 18.9 Å². The van der Waals surface area contributed by atoms with E-state index in [1.165, 1.54) is 16.4 Å². The van der Waals surface area contributed by atoms with Gasteiger partial charge in [0.1, 0.15) is 0 Å². The number of thioether (sulfide) groups is 1. The monoisotopic (exact) mass is 406 g/mol. The minimum Gasteiger partial charge on any atom is -0.335 e. The Bertz CT molecular complexity index is 1010. The van der Waals surface area contributed by atoms with Gasteiger partial charge in [0, 0.05) is 17.8 Å². The van der Waals surface area contributed by atoms with Crippen molar-refractivity contribution in [3.8, 4) is 17.5 Å². The fourth-order valence-corrected chi connectivity index (χ4v) is 3.65. The van der Waals surface area contributed by atoms with Crippen molar-refractivity contribution in [2.45, 2.75) is 30.7 Å². The average molecular weight is 407 g/mol. The van der Waals surface area contributed by atoms with E-state index in [0.29, 0.717) is 17.5 Å². The molecule has 8 heteroatoms. The van der Waals surface area contributed by atoms with Gasteiger partial charge in [-0.15, -0.1) is 10.2 Å². The topological polar surface area (TPSA) is 101 Å². The molecule has 0 aliphatic carbocycles. The van der Waals surface area contributed by atoms with Crippen LogP contribution in [-0.2, 0) is 4.79 Å². The number of aromatic nitrogens is 3. The van der Waals surface area contributed by atoms with Crippen LogP contribution in [0.5, 0.6) is 0 Å². The second-order valence-corrected chi connectivity index (χ2v) is 7.84. The number of hydrogen-bond donors (Lipinski definition) is 1. The molecule has 3 rings (SSSR count). The molecule has 1 amide bonds. The highest BCUT2D eigenvalue weighted by Gasteiger charge is 2.25. The van der Waals surface area contributed by atoms with E-state index in [1.54, 1.807) is 11.8 Å². The molecule has 0 radical (unpaired) electrons. The largest absolute Gasteiger partial charge is 0.335 e. The van der Waals surface area contributed by atoms with E-state index in [4.69, 9.17) is 11.1 Å². The molecule has 0 aliphatic heterocycles. The summed E-state index contributed by atoms with van der Waals surface area (Å²) in [5, 5.41) is 17.3. The normalized spacial score (nSPS) is 11.6. The minimum atomic E-state index is -0.453. The molecule has 0 saturated heterocycles. The highest BCUT2D eigenvalue weighted by atomic mass is 32.2. The van der Waals surface area contributed by atoms with Crippen molar-refractivity contribution in [1.82, 2.24) is 14.9 Å². The SMILES string of the molecule is Cc1ccc(-c2nnc(SC(C)C(=O)N(CCC#N)c3ccccc3)n2N)cc1. The number of nitriles is 1. The number of nitrogen functional groups attached to an aromatic ring is 1. The molecule has 1 atom stereocenters. The molecule has 1 unspecified atom stereocenters. The Labute approximate surface area is 174 Å². The third-order valence-electron chi connectivity index (χ3n) is 4.39. The highest BCUT2D eigenvalue weighted by Crippen LogP contribution is 2.27. The van der Waals surface area contributed by atoms with Crippen molar-refractivity contribution in [3.63, 3.8) is 0 Å². The lowest BCUT2D eigenvalue weighted by Crippen LogP contribution is -2.37. The van der Waals surface area contributed by atoms with Crippen LogP contribution in [0.4, 0.5) is 5.69 Å². The Balaban J connectivity index is 1.78. The number of amides is 1. The number of aryl methyl sites for hydroxylation is 1. The van der Waals surface area contributed by atoms with Crippen molar-refractivity contribution >= 4 is 23.4 Å². The zero-order valence-electron chi connectivity index (χ0n) is 16.3. The zero-order valence-corrected chi connectivity index (χ0v) is 17.1. The molecule has 2 aromatic carbocycles. The van der Waals surface area contributed by atoms with Gasteiger partial charge in [-0.2, -0.15) is 5.26 Å². The first kappa shape index (κ1) is 20.4. The lowest BCUT2D eigenvalue weighted by atomic mass is 10.1. The quantitative estimate of drug-likeness (QED) is 0.477. The average Bonchev–Trinajstić information content (AvgIpc) is 3.09. The van der Waals surface area contributed by atoms with Crippen LogP contribution < -0.4 is 10.7 Å². The van der Waals surface area contributed by atoms with Gasteiger partial charge in [0.25, 0.3) is 0 Å². The smallest absolute Gasteiger partial charge is 0.240 e. The maximum Gasteiger partial charge on any atom is 0.240 e. The fraction of sp³-hybridized carbons (Fsp3) is 0.238. The summed E-state index contributed by atoms with van der Waals surface area (Å²) in [4.78, 5) is 14.7. The van der Waals surface area contributed by atoms with Crippen molar-refractivity contribution in [2.24, 2.45) is 0 Å². The van der Waals surface area contributed by atoms with Crippen molar-refractivity contribution in [2.75, 3.05) is 17.3 Å². The van der Waals surface area contributed by atoms with Gasteiger partial charge in [0.2, 0.25) is 11.1 Å². The zero-order chi connectivity index (χ0) is 20.8. The maximum absolute atomic E-state index is 13.1. The van der Waals surface area contributed by atoms with Crippen LogP contribution in [0, 0.1) is 18.3 Å². The van der Waals surface area contributed by atoms with Gasteiger partial charge in [0.15, 0.2) is 5.82 Å². The van der Waals surface area contributed by atoms with E-state index in [-0.39, 0.29) is 12.3 Å². The minimum absolute atomic E-state index is 0.115. The summed E-state index contributed by atoms with van der Waals surface area (Å²) in [5.41, 5.74) is 2.76. The lowest BCUT2D eigenvalue weighted by Gasteiger charge is -2.24. The van der Waals surface area contributed by atoms with E-state index < -0.39 is 5.25 Å². The summed E-state index contributed by atoms with van der Waals surface area (Å²) >= 11 is 1.24. The van der Waals surface area contributed by atoms with Crippen LogP contribution in [0.15, 0.2) is 59.8 Å². The molecule has 3 aromatic rings. The Morgan fingerprint density at radius 2 is 1.90 bits per heavy atom. The lowest BCUT2D eigenvalue weighted by molar-refractivity contribution is -0.117. The Morgan fingerprint density at radius 1 is 1.21 bits per heavy atom. The molecule has 0 aliphatic rings. The molecule has 29 heavy (non-hydrogen) atoms. The molecule has 0 fully saturated rings. The number of nitrogens with zero attached hydrogens (tertiary/aromatic N) is 5. The molecule has 2 N–H and O–H groups in total.